The lowest BCUT2D eigenvalue weighted by atomic mass is 10.3. The van der Waals surface area contributed by atoms with Crippen LogP contribution in [0.15, 0.2) is 47.4 Å². The van der Waals surface area contributed by atoms with Gasteiger partial charge in [-0.1, -0.05) is 43.4 Å². The number of carbonyl (C=O) groups excluding carboxylic acids is 1. The van der Waals surface area contributed by atoms with E-state index in [4.69, 9.17) is 14.5 Å². The van der Waals surface area contributed by atoms with Crippen LogP contribution in [-0.2, 0) is 4.79 Å². The molecule has 0 aliphatic carbocycles. The molecular formula is C23H30ClN3O3S2. The molecule has 0 N–H and O–H groups in total. The average molecular weight is 496 g/mol. The van der Waals surface area contributed by atoms with Crippen molar-refractivity contribution in [1.29, 1.82) is 0 Å². The predicted molar refractivity (Wildman–Crippen MR) is 137 cm³/mol. The summed E-state index contributed by atoms with van der Waals surface area (Å²) in [5, 5.41) is 0.670. The van der Waals surface area contributed by atoms with Crippen LogP contribution in [0, 0.1) is 0 Å². The van der Waals surface area contributed by atoms with Crippen LogP contribution >= 0.6 is 35.5 Å². The molecule has 0 radical (unpaired) electrons. The molecule has 32 heavy (non-hydrogen) atoms. The maximum atomic E-state index is 13.3. The molecule has 0 bridgehead atoms. The van der Waals surface area contributed by atoms with Crippen LogP contribution in [0.3, 0.4) is 0 Å². The molecule has 0 saturated carbocycles. The number of hydrogen-bond acceptors (Lipinski definition) is 7. The highest BCUT2D eigenvalue weighted by Gasteiger charge is 2.23. The maximum absolute atomic E-state index is 13.3. The van der Waals surface area contributed by atoms with E-state index in [0.717, 1.165) is 40.5 Å². The topological polar surface area (TPSA) is 54.9 Å². The van der Waals surface area contributed by atoms with E-state index in [1.807, 2.05) is 42.5 Å². The summed E-state index contributed by atoms with van der Waals surface area (Å²) in [7, 11) is 3.26. The summed E-state index contributed by atoms with van der Waals surface area (Å²) in [5.41, 5.74) is 0.721. The third-order valence-corrected chi connectivity index (χ3v) is 7.16. The number of halogens is 1. The molecule has 0 atom stereocenters. The van der Waals surface area contributed by atoms with E-state index in [2.05, 4.69) is 18.7 Å². The normalized spacial score (nSPS) is 10.8. The smallest absolute Gasteiger partial charge is 0.239 e. The van der Waals surface area contributed by atoms with E-state index < -0.39 is 0 Å². The van der Waals surface area contributed by atoms with Crippen LogP contribution in [0.1, 0.15) is 13.8 Å². The standard InChI is InChI=1S/C23H29N3O3S2.ClH/c1-5-25(6-2)14-15-26(20(27)16-30-17-10-8-7-9-11-17)23-24-21-18(28-3)12-13-19(29-4)22(21)31-23;/h7-13H,5-6,14-16H2,1-4H3;1H. The van der Waals surface area contributed by atoms with Crippen molar-refractivity contribution in [3.05, 3.63) is 42.5 Å². The van der Waals surface area contributed by atoms with Crippen LogP contribution < -0.4 is 14.4 Å². The maximum Gasteiger partial charge on any atom is 0.239 e. The molecule has 0 fully saturated rings. The number of rotatable bonds is 11. The minimum atomic E-state index is 0. The monoisotopic (exact) mass is 495 g/mol. The zero-order chi connectivity index (χ0) is 22.2. The summed E-state index contributed by atoms with van der Waals surface area (Å²) < 4.78 is 11.9. The second-order valence-corrected chi connectivity index (χ2v) is 8.84. The van der Waals surface area contributed by atoms with Crippen LogP contribution in [0.25, 0.3) is 10.2 Å². The van der Waals surface area contributed by atoms with Crippen LogP contribution in [0.4, 0.5) is 5.13 Å². The molecule has 0 aliphatic heterocycles. The average Bonchev–Trinajstić information content (AvgIpc) is 3.25. The minimum Gasteiger partial charge on any atom is -0.495 e. The number of likely N-dealkylation sites (N-methyl/N-ethyl adjacent to an activating group) is 1. The Labute approximate surface area is 204 Å². The van der Waals surface area contributed by atoms with Gasteiger partial charge in [-0.05, 0) is 37.4 Å². The molecule has 3 aromatic rings. The Morgan fingerprint density at radius 1 is 1.00 bits per heavy atom. The fourth-order valence-corrected chi connectivity index (χ4v) is 5.15. The molecule has 2 aromatic carbocycles. The summed E-state index contributed by atoms with van der Waals surface area (Å²) in [6.07, 6.45) is 0. The summed E-state index contributed by atoms with van der Waals surface area (Å²) in [5.74, 6) is 1.80. The second kappa shape index (κ2) is 12.9. The number of methoxy groups -OCH3 is 2. The lowest BCUT2D eigenvalue weighted by Crippen LogP contribution is -2.39. The van der Waals surface area contributed by atoms with Crippen LogP contribution in [0.5, 0.6) is 11.5 Å². The highest BCUT2D eigenvalue weighted by molar-refractivity contribution is 8.00. The molecular weight excluding hydrogens is 466 g/mol. The van der Waals surface area contributed by atoms with Crippen molar-refractivity contribution >= 4 is 56.8 Å². The van der Waals surface area contributed by atoms with Crippen LogP contribution in [-0.4, -0.2) is 61.9 Å². The van der Waals surface area contributed by atoms with Gasteiger partial charge in [-0.25, -0.2) is 4.98 Å². The van der Waals surface area contributed by atoms with Gasteiger partial charge >= 0.3 is 0 Å². The first-order chi connectivity index (χ1) is 15.1. The van der Waals surface area contributed by atoms with E-state index in [9.17, 15) is 4.79 Å². The fraction of sp³-hybridized carbons (Fsp3) is 0.391. The third kappa shape index (κ3) is 6.28. The number of anilines is 1. The molecule has 3 rings (SSSR count). The van der Waals surface area contributed by atoms with Gasteiger partial charge < -0.3 is 14.4 Å². The predicted octanol–water partition coefficient (Wildman–Crippen LogP) is 5.20. The van der Waals surface area contributed by atoms with E-state index in [0.29, 0.717) is 23.2 Å². The number of carbonyl (C=O) groups is 1. The molecule has 9 heteroatoms. The number of benzene rings is 2. The number of hydrogen-bond donors (Lipinski definition) is 0. The Balaban J connectivity index is 0.00000363. The van der Waals surface area contributed by atoms with Gasteiger partial charge in [0.25, 0.3) is 0 Å². The number of aromatic nitrogens is 1. The third-order valence-electron chi connectivity index (χ3n) is 5.07. The molecule has 0 saturated heterocycles. The molecule has 1 heterocycles. The van der Waals surface area contributed by atoms with E-state index >= 15 is 0 Å². The van der Waals surface area contributed by atoms with Gasteiger partial charge in [0.1, 0.15) is 21.7 Å². The van der Waals surface area contributed by atoms with Crippen molar-refractivity contribution in [3.63, 3.8) is 0 Å². The van der Waals surface area contributed by atoms with Gasteiger partial charge in [0.2, 0.25) is 5.91 Å². The minimum absolute atomic E-state index is 0. The first kappa shape index (κ1) is 26.3. The number of nitrogens with zero attached hydrogens (tertiary/aromatic N) is 3. The van der Waals surface area contributed by atoms with Gasteiger partial charge in [0.15, 0.2) is 5.13 Å². The lowest BCUT2D eigenvalue weighted by molar-refractivity contribution is -0.116. The first-order valence-corrected chi connectivity index (χ1v) is 12.1. The van der Waals surface area contributed by atoms with Crippen molar-refractivity contribution in [3.8, 4) is 11.5 Å². The Morgan fingerprint density at radius 2 is 1.66 bits per heavy atom. The zero-order valence-electron chi connectivity index (χ0n) is 18.9. The largest absolute Gasteiger partial charge is 0.495 e. The number of fused-ring (bicyclic) bond motifs is 1. The van der Waals surface area contributed by atoms with Crippen LogP contribution in [0.2, 0.25) is 0 Å². The first-order valence-electron chi connectivity index (χ1n) is 10.3. The molecule has 0 aliphatic rings. The van der Waals surface area contributed by atoms with Crippen molar-refractivity contribution in [1.82, 2.24) is 9.88 Å². The van der Waals surface area contributed by atoms with Crippen molar-refractivity contribution in [2.24, 2.45) is 0 Å². The van der Waals surface area contributed by atoms with Gasteiger partial charge in [0, 0.05) is 18.0 Å². The fourth-order valence-electron chi connectivity index (χ4n) is 3.24. The Morgan fingerprint density at radius 3 is 2.28 bits per heavy atom. The van der Waals surface area contributed by atoms with E-state index in [1.54, 1.807) is 30.9 Å². The zero-order valence-corrected chi connectivity index (χ0v) is 21.3. The molecule has 1 aromatic heterocycles. The molecule has 6 nitrogen and oxygen atoms in total. The number of thiazole rings is 1. The number of ether oxygens (including phenoxy) is 2. The van der Waals surface area contributed by atoms with E-state index in [1.165, 1.54) is 11.3 Å². The second-order valence-electron chi connectivity index (χ2n) is 6.82. The number of amides is 1. The van der Waals surface area contributed by atoms with E-state index in [-0.39, 0.29) is 18.3 Å². The Kier molecular flexibility index (Phi) is 10.6. The van der Waals surface area contributed by atoms with Crippen molar-refractivity contribution in [2.45, 2.75) is 18.7 Å². The summed E-state index contributed by atoms with van der Waals surface area (Å²) in [6.45, 7) is 7.53. The highest BCUT2D eigenvalue weighted by atomic mass is 35.5. The SMILES string of the molecule is CCN(CC)CCN(C(=O)CSc1ccccc1)c1nc2c(OC)ccc(OC)c2s1.Cl. The quantitative estimate of drug-likeness (QED) is 0.341. The van der Waals surface area contributed by atoms with Gasteiger partial charge in [-0.3, -0.25) is 9.69 Å². The summed E-state index contributed by atoms with van der Waals surface area (Å²) in [4.78, 5) is 23.3. The summed E-state index contributed by atoms with van der Waals surface area (Å²) >= 11 is 3.01. The van der Waals surface area contributed by atoms with Gasteiger partial charge in [0.05, 0.1) is 20.0 Å². The Hall–Kier alpha value is -2.00. The van der Waals surface area contributed by atoms with Gasteiger partial charge in [-0.2, -0.15) is 0 Å². The Bertz CT molecular complexity index is 956. The van der Waals surface area contributed by atoms with Crippen molar-refractivity contribution < 1.29 is 14.3 Å². The number of thioether (sulfide) groups is 1. The summed E-state index contributed by atoms with van der Waals surface area (Å²) in [6, 6.07) is 13.7. The lowest BCUT2D eigenvalue weighted by Gasteiger charge is -2.24. The van der Waals surface area contributed by atoms with Crippen molar-refractivity contribution in [2.75, 3.05) is 51.1 Å². The highest BCUT2D eigenvalue weighted by Crippen LogP contribution is 2.40. The molecule has 0 spiro atoms. The van der Waals surface area contributed by atoms with Gasteiger partial charge in [-0.15, -0.1) is 24.2 Å². The molecule has 174 valence electrons. The molecule has 1 amide bonds. The molecule has 0 unspecified atom stereocenters.